The number of nitrogens with zero attached hydrogens (tertiary/aromatic N) is 5. The molecule has 0 unspecified atom stereocenters. The molecule has 1 N–H and O–H groups in total. The first-order chi connectivity index (χ1) is 12.6. The third-order valence-electron chi connectivity index (χ3n) is 4.18. The highest BCUT2D eigenvalue weighted by atomic mass is 32.2. The number of carbonyl (C=O) groups is 1. The van der Waals surface area contributed by atoms with E-state index in [9.17, 15) is 9.18 Å². The molecule has 2 aromatic heterocycles. The summed E-state index contributed by atoms with van der Waals surface area (Å²) in [6.45, 7) is 1.81. The summed E-state index contributed by atoms with van der Waals surface area (Å²) >= 11 is 3.01. The van der Waals surface area contributed by atoms with Crippen LogP contribution in [0.2, 0.25) is 0 Å². The lowest BCUT2D eigenvalue weighted by Gasteiger charge is -2.37. The summed E-state index contributed by atoms with van der Waals surface area (Å²) in [5, 5.41) is 12.4. The molecule has 0 saturated carbocycles. The first-order valence-corrected chi connectivity index (χ1v) is 9.96. The maximum atomic E-state index is 13.7. The normalized spacial score (nSPS) is 14.6. The number of halogens is 1. The number of fused-ring (bicyclic) bond motifs is 1. The fourth-order valence-corrected chi connectivity index (χ4v) is 4.44. The summed E-state index contributed by atoms with van der Waals surface area (Å²) in [7, 11) is 1.89. The van der Waals surface area contributed by atoms with E-state index in [1.165, 1.54) is 17.4 Å². The Labute approximate surface area is 157 Å². The molecule has 1 aromatic carbocycles. The van der Waals surface area contributed by atoms with Gasteiger partial charge < -0.3 is 14.8 Å². The molecule has 1 aliphatic rings. The molecule has 1 fully saturated rings. The average Bonchev–Trinajstić information content (AvgIpc) is 3.17. The van der Waals surface area contributed by atoms with Crippen LogP contribution in [0.1, 0.15) is 0 Å². The van der Waals surface area contributed by atoms with Gasteiger partial charge in [-0.1, -0.05) is 29.2 Å². The number of thiazole rings is 1. The van der Waals surface area contributed by atoms with Gasteiger partial charge in [-0.3, -0.25) is 4.79 Å². The molecule has 7 nitrogen and oxygen atoms in total. The van der Waals surface area contributed by atoms with Gasteiger partial charge in [0.1, 0.15) is 17.7 Å². The van der Waals surface area contributed by atoms with Gasteiger partial charge in [-0.05, 0) is 12.1 Å². The zero-order valence-corrected chi connectivity index (χ0v) is 15.7. The van der Waals surface area contributed by atoms with Crippen LogP contribution in [0.5, 0.6) is 0 Å². The molecule has 4 rings (SSSR count). The number of nitrogens with one attached hydrogen (secondary N) is 1. The zero-order valence-electron chi connectivity index (χ0n) is 14.1. The lowest BCUT2D eigenvalue weighted by molar-refractivity contribution is -0.125. The van der Waals surface area contributed by atoms with E-state index in [1.54, 1.807) is 24.2 Å². The molecule has 3 heterocycles. The smallest absolute Gasteiger partial charge is 0.226 e. The fourth-order valence-electron chi connectivity index (χ4n) is 2.70. The molecule has 136 valence electrons. The summed E-state index contributed by atoms with van der Waals surface area (Å²) < 4.78 is 16.4. The Morgan fingerprint density at radius 1 is 1.46 bits per heavy atom. The maximum absolute atomic E-state index is 13.7. The van der Waals surface area contributed by atoms with E-state index < -0.39 is 0 Å². The van der Waals surface area contributed by atoms with Gasteiger partial charge in [0, 0.05) is 32.4 Å². The Balaban J connectivity index is 1.24. The number of thioether (sulfide) groups is 1. The summed E-state index contributed by atoms with van der Waals surface area (Å²) in [5.41, 5.74) is 0.404. The maximum Gasteiger partial charge on any atom is 0.226 e. The molecular formula is C16H17FN6OS2. The Kier molecular flexibility index (Phi) is 4.77. The second-order valence-electron chi connectivity index (χ2n) is 6.05. The molecule has 3 aromatic rings. The van der Waals surface area contributed by atoms with Crippen LogP contribution in [-0.2, 0) is 11.8 Å². The van der Waals surface area contributed by atoms with Crippen LogP contribution >= 0.6 is 23.1 Å². The number of hydrogen-bond acceptors (Lipinski definition) is 7. The topological polar surface area (TPSA) is 75.9 Å². The highest BCUT2D eigenvalue weighted by Crippen LogP contribution is 2.33. The Morgan fingerprint density at radius 2 is 2.31 bits per heavy atom. The molecule has 1 aliphatic heterocycles. The summed E-state index contributed by atoms with van der Waals surface area (Å²) in [4.78, 5) is 18.6. The SMILES string of the molecule is Cn1cnnc1SCCNC(=O)C1CN(c2nc3c(F)cccc3s2)C1. The molecule has 0 bridgehead atoms. The predicted molar refractivity (Wildman–Crippen MR) is 100 cm³/mol. The summed E-state index contributed by atoms with van der Waals surface area (Å²) in [6.07, 6.45) is 1.65. The van der Waals surface area contributed by atoms with Crippen molar-refractivity contribution in [2.45, 2.75) is 5.16 Å². The average molecular weight is 392 g/mol. The lowest BCUT2D eigenvalue weighted by atomic mass is 10.0. The highest BCUT2D eigenvalue weighted by Gasteiger charge is 2.34. The number of aromatic nitrogens is 4. The van der Waals surface area contributed by atoms with E-state index >= 15 is 0 Å². The van der Waals surface area contributed by atoms with E-state index in [-0.39, 0.29) is 17.6 Å². The van der Waals surface area contributed by atoms with E-state index in [1.807, 2.05) is 22.6 Å². The molecule has 0 spiro atoms. The standard InChI is InChI=1S/C16H17FN6OS2/c1-22-9-19-21-16(22)25-6-5-18-14(24)10-7-23(8-10)15-20-13-11(17)3-2-4-12(13)26-15/h2-4,9-10H,5-8H2,1H3,(H,18,24). The van der Waals surface area contributed by atoms with Crippen molar-refractivity contribution in [3.05, 3.63) is 30.3 Å². The minimum atomic E-state index is -0.305. The number of anilines is 1. The Hall–Kier alpha value is -2.20. The van der Waals surface area contributed by atoms with E-state index in [4.69, 9.17) is 0 Å². The Bertz CT molecular complexity index is 936. The monoisotopic (exact) mass is 392 g/mol. The van der Waals surface area contributed by atoms with Gasteiger partial charge >= 0.3 is 0 Å². The van der Waals surface area contributed by atoms with Crippen LogP contribution in [0.4, 0.5) is 9.52 Å². The van der Waals surface area contributed by atoms with Crippen LogP contribution in [0, 0.1) is 11.7 Å². The minimum Gasteiger partial charge on any atom is -0.355 e. The van der Waals surface area contributed by atoms with Gasteiger partial charge in [-0.15, -0.1) is 10.2 Å². The van der Waals surface area contributed by atoms with Crippen LogP contribution in [0.3, 0.4) is 0 Å². The van der Waals surface area contributed by atoms with Crippen molar-refractivity contribution in [3.63, 3.8) is 0 Å². The van der Waals surface area contributed by atoms with Gasteiger partial charge in [0.05, 0.1) is 10.6 Å². The van der Waals surface area contributed by atoms with Crippen molar-refractivity contribution in [2.24, 2.45) is 13.0 Å². The number of carbonyl (C=O) groups excluding carboxylic acids is 1. The molecule has 26 heavy (non-hydrogen) atoms. The quantitative estimate of drug-likeness (QED) is 0.510. The van der Waals surface area contributed by atoms with Crippen molar-refractivity contribution in [1.82, 2.24) is 25.1 Å². The second-order valence-corrected chi connectivity index (χ2v) is 8.12. The minimum absolute atomic E-state index is 0.0482. The van der Waals surface area contributed by atoms with Crippen LogP contribution in [-0.4, -0.2) is 51.0 Å². The van der Waals surface area contributed by atoms with Crippen LogP contribution in [0.15, 0.2) is 29.7 Å². The largest absolute Gasteiger partial charge is 0.355 e. The van der Waals surface area contributed by atoms with Gasteiger partial charge in [0.2, 0.25) is 5.91 Å². The lowest BCUT2D eigenvalue weighted by Crippen LogP contribution is -2.54. The van der Waals surface area contributed by atoms with E-state index in [0.717, 1.165) is 20.7 Å². The first-order valence-electron chi connectivity index (χ1n) is 8.16. The van der Waals surface area contributed by atoms with Gasteiger partial charge in [-0.2, -0.15) is 0 Å². The number of benzene rings is 1. The highest BCUT2D eigenvalue weighted by molar-refractivity contribution is 7.99. The second kappa shape index (κ2) is 7.20. The fraction of sp³-hybridized carbons (Fsp3) is 0.375. The molecule has 1 saturated heterocycles. The van der Waals surface area contributed by atoms with Crippen molar-refractivity contribution in [2.75, 3.05) is 30.3 Å². The Morgan fingerprint density at radius 3 is 3.04 bits per heavy atom. The first kappa shape index (κ1) is 17.2. The molecular weight excluding hydrogens is 375 g/mol. The van der Waals surface area contributed by atoms with Gasteiger partial charge in [0.15, 0.2) is 10.3 Å². The van der Waals surface area contributed by atoms with Gasteiger partial charge in [-0.25, -0.2) is 9.37 Å². The summed E-state index contributed by atoms with van der Waals surface area (Å²) in [5.74, 6) is 0.435. The van der Waals surface area contributed by atoms with Crippen molar-refractivity contribution >= 4 is 44.4 Å². The molecule has 0 atom stereocenters. The van der Waals surface area contributed by atoms with Crippen molar-refractivity contribution in [1.29, 1.82) is 0 Å². The zero-order chi connectivity index (χ0) is 18.1. The molecule has 0 aliphatic carbocycles. The number of para-hydroxylation sites is 1. The van der Waals surface area contributed by atoms with Crippen molar-refractivity contribution < 1.29 is 9.18 Å². The number of hydrogen-bond donors (Lipinski definition) is 1. The van der Waals surface area contributed by atoms with Crippen LogP contribution in [0.25, 0.3) is 10.2 Å². The molecule has 10 heteroatoms. The number of amides is 1. The number of aryl methyl sites for hydroxylation is 1. The third-order valence-corrected chi connectivity index (χ3v) is 6.30. The van der Waals surface area contributed by atoms with E-state index in [2.05, 4.69) is 20.5 Å². The molecule has 0 radical (unpaired) electrons. The predicted octanol–water partition coefficient (Wildman–Crippen LogP) is 1.91. The summed E-state index contributed by atoms with van der Waals surface area (Å²) in [6, 6.07) is 4.96. The third kappa shape index (κ3) is 3.38. The van der Waals surface area contributed by atoms with Crippen LogP contribution < -0.4 is 10.2 Å². The van der Waals surface area contributed by atoms with Crippen molar-refractivity contribution in [3.8, 4) is 0 Å². The molecule has 1 amide bonds. The van der Waals surface area contributed by atoms with Gasteiger partial charge in [0.25, 0.3) is 0 Å². The number of rotatable bonds is 6. The van der Waals surface area contributed by atoms with E-state index in [0.29, 0.717) is 25.2 Å².